The minimum absolute atomic E-state index is 0.0326. The molecule has 0 aliphatic heterocycles. The van der Waals surface area contributed by atoms with Crippen molar-refractivity contribution in [1.82, 2.24) is 9.80 Å². The van der Waals surface area contributed by atoms with Gasteiger partial charge in [-0.3, -0.25) is 14.5 Å². The van der Waals surface area contributed by atoms with Gasteiger partial charge >= 0.3 is 0 Å². The van der Waals surface area contributed by atoms with Crippen LogP contribution in [0, 0.1) is 0 Å². The molecule has 0 radical (unpaired) electrons. The molecular formula is C15H23N3O3. The molecule has 6 nitrogen and oxygen atoms in total. The number of anilines is 1. The first kappa shape index (κ1) is 17.0. The van der Waals surface area contributed by atoms with Crippen molar-refractivity contribution < 1.29 is 14.3 Å². The van der Waals surface area contributed by atoms with Crippen molar-refractivity contribution in [1.29, 1.82) is 0 Å². The smallest absolute Gasteiger partial charge is 0.239 e. The van der Waals surface area contributed by atoms with Gasteiger partial charge in [0.2, 0.25) is 11.8 Å². The van der Waals surface area contributed by atoms with Crippen LogP contribution in [0.5, 0.6) is 5.75 Å². The van der Waals surface area contributed by atoms with E-state index in [-0.39, 0.29) is 24.4 Å². The van der Waals surface area contributed by atoms with Crippen LogP contribution in [0.3, 0.4) is 0 Å². The molecule has 1 aromatic carbocycles. The maximum Gasteiger partial charge on any atom is 0.239 e. The third-order valence-electron chi connectivity index (χ3n) is 3.23. The molecule has 0 aliphatic carbocycles. The molecule has 0 saturated carbocycles. The van der Waals surface area contributed by atoms with Crippen molar-refractivity contribution in [2.24, 2.45) is 0 Å². The summed E-state index contributed by atoms with van der Waals surface area (Å²) in [7, 11) is 6.74. The van der Waals surface area contributed by atoms with Gasteiger partial charge in [0.05, 0.1) is 19.7 Å². The molecule has 0 spiro atoms. The van der Waals surface area contributed by atoms with Gasteiger partial charge in [0, 0.05) is 19.8 Å². The molecule has 1 N–H and O–H groups in total. The van der Waals surface area contributed by atoms with E-state index in [4.69, 9.17) is 4.74 Å². The Bertz CT molecular complexity index is 485. The van der Waals surface area contributed by atoms with Crippen molar-refractivity contribution in [2.75, 3.05) is 40.1 Å². The largest absolute Gasteiger partial charge is 0.497 e. The zero-order valence-corrected chi connectivity index (χ0v) is 13.2. The van der Waals surface area contributed by atoms with Crippen LogP contribution in [0.1, 0.15) is 6.92 Å². The molecule has 1 atom stereocenters. The Morgan fingerprint density at radius 3 is 2.24 bits per heavy atom. The minimum atomic E-state index is -0.346. The molecule has 21 heavy (non-hydrogen) atoms. The second-order valence-electron chi connectivity index (χ2n) is 5.10. The highest BCUT2D eigenvalue weighted by atomic mass is 16.5. The van der Waals surface area contributed by atoms with Crippen LogP contribution in [-0.2, 0) is 9.59 Å². The average Bonchev–Trinajstić information content (AvgIpc) is 2.46. The first-order valence-corrected chi connectivity index (χ1v) is 6.70. The van der Waals surface area contributed by atoms with E-state index >= 15 is 0 Å². The summed E-state index contributed by atoms with van der Waals surface area (Å²) < 4.78 is 5.06. The molecule has 0 saturated heterocycles. The van der Waals surface area contributed by atoms with E-state index in [1.165, 1.54) is 4.90 Å². The Labute approximate surface area is 125 Å². The van der Waals surface area contributed by atoms with Gasteiger partial charge in [-0.15, -0.1) is 0 Å². The topological polar surface area (TPSA) is 61.9 Å². The Morgan fingerprint density at radius 2 is 1.76 bits per heavy atom. The number of amides is 2. The van der Waals surface area contributed by atoms with Crippen LogP contribution in [0.15, 0.2) is 24.3 Å². The predicted molar refractivity (Wildman–Crippen MR) is 82.4 cm³/mol. The van der Waals surface area contributed by atoms with Crippen molar-refractivity contribution in [3.8, 4) is 5.75 Å². The Hall–Kier alpha value is -2.08. The van der Waals surface area contributed by atoms with Crippen molar-refractivity contribution in [3.05, 3.63) is 24.3 Å². The van der Waals surface area contributed by atoms with Crippen molar-refractivity contribution in [2.45, 2.75) is 13.0 Å². The monoisotopic (exact) mass is 293 g/mol. The fourth-order valence-electron chi connectivity index (χ4n) is 1.80. The molecule has 1 rings (SSSR count). The van der Waals surface area contributed by atoms with Gasteiger partial charge in [0.15, 0.2) is 0 Å². The van der Waals surface area contributed by atoms with E-state index < -0.39 is 0 Å². The van der Waals surface area contributed by atoms with Gasteiger partial charge < -0.3 is 15.0 Å². The van der Waals surface area contributed by atoms with E-state index in [1.807, 2.05) is 0 Å². The lowest BCUT2D eigenvalue weighted by atomic mass is 10.2. The number of nitrogens with zero attached hydrogens (tertiary/aromatic N) is 2. The van der Waals surface area contributed by atoms with Crippen molar-refractivity contribution in [3.63, 3.8) is 0 Å². The Balaban J connectivity index is 2.54. The van der Waals surface area contributed by atoms with Gasteiger partial charge in [-0.2, -0.15) is 0 Å². The summed E-state index contributed by atoms with van der Waals surface area (Å²) in [5, 5.41) is 2.79. The van der Waals surface area contributed by atoms with Crippen molar-refractivity contribution >= 4 is 17.5 Å². The van der Waals surface area contributed by atoms with Crippen LogP contribution in [0.25, 0.3) is 0 Å². The standard InChI is InChI=1S/C15H23N3O3/c1-11(15(20)17(2)3)18(4)10-14(19)16-12-6-8-13(21-5)9-7-12/h6-9,11H,10H2,1-5H3,(H,16,19)/t11-/m0/s1. The van der Waals surface area contributed by atoms with Crippen LogP contribution >= 0.6 is 0 Å². The summed E-state index contributed by atoms with van der Waals surface area (Å²) in [5.41, 5.74) is 0.695. The molecule has 0 bridgehead atoms. The third kappa shape index (κ3) is 5.07. The fraction of sp³-hybridized carbons (Fsp3) is 0.467. The van der Waals surface area contributed by atoms with Gasteiger partial charge in [-0.25, -0.2) is 0 Å². The summed E-state index contributed by atoms with van der Waals surface area (Å²) in [6.45, 7) is 1.93. The Kier molecular flexibility index (Phi) is 6.17. The third-order valence-corrected chi connectivity index (χ3v) is 3.23. The number of ether oxygens (including phenoxy) is 1. The SMILES string of the molecule is COc1ccc(NC(=O)CN(C)[C@@H](C)C(=O)N(C)C)cc1. The van der Waals surface area contributed by atoms with Gasteiger partial charge in [-0.05, 0) is 38.2 Å². The Morgan fingerprint density at radius 1 is 1.19 bits per heavy atom. The first-order chi connectivity index (χ1) is 9.85. The molecule has 1 aromatic rings. The number of carbonyl (C=O) groups excluding carboxylic acids is 2. The molecule has 0 unspecified atom stereocenters. The molecule has 0 heterocycles. The van der Waals surface area contributed by atoms with E-state index in [1.54, 1.807) is 64.3 Å². The number of carbonyl (C=O) groups is 2. The highest BCUT2D eigenvalue weighted by Gasteiger charge is 2.21. The molecule has 0 aromatic heterocycles. The number of hydrogen-bond donors (Lipinski definition) is 1. The number of likely N-dealkylation sites (N-methyl/N-ethyl adjacent to an activating group) is 2. The van der Waals surface area contributed by atoms with Crippen LogP contribution in [0.2, 0.25) is 0 Å². The summed E-state index contributed by atoms with van der Waals surface area (Å²) in [6.07, 6.45) is 0. The molecule has 0 fully saturated rings. The van der Waals surface area contributed by atoms with Gasteiger partial charge in [0.1, 0.15) is 5.75 Å². The lowest BCUT2D eigenvalue weighted by Crippen LogP contribution is -2.45. The van der Waals surface area contributed by atoms with Crippen LogP contribution in [-0.4, -0.2) is 62.5 Å². The van der Waals surface area contributed by atoms with E-state index in [9.17, 15) is 9.59 Å². The molecule has 0 aliphatic rings. The van der Waals surface area contributed by atoms with Crippen LogP contribution in [0.4, 0.5) is 5.69 Å². The molecule has 6 heteroatoms. The maximum atomic E-state index is 12.0. The summed E-state index contributed by atoms with van der Waals surface area (Å²) >= 11 is 0. The van der Waals surface area contributed by atoms with Gasteiger partial charge in [-0.1, -0.05) is 0 Å². The summed E-state index contributed by atoms with van der Waals surface area (Å²) in [5.74, 6) is 0.533. The maximum absolute atomic E-state index is 12.0. The first-order valence-electron chi connectivity index (χ1n) is 6.70. The number of rotatable bonds is 6. The highest BCUT2D eigenvalue weighted by Crippen LogP contribution is 2.14. The zero-order valence-electron chi connectivity index (χ0n) is 13.2. The number of nitrogens with one attached hydrogen (secondary N) is 1. The second-order valence-corrected chi connectivity index (χ2v) is 5.10. The van der Waals surface area contributed by atoms with E-state index in [2.05, 4.69) is 5.32 Å². The highest BCUT2D eigenvalue weighted by molar-refractivity contribution is 5.92. The number of hydrogen-bond acceptors (Lipinski definition) is 4. The lowest BCUT2D eigenvalue weighted by Gasteiger charge is -2.25. The fourth-order valence-corrected chi connectivity index (χ4v) is 1.80. The minimum Gasteiger partial charge on any atom is -0.497 e. The second kappa shape index (κ2) is 7.64. The lowest BCUT2D eigenvalue weighted by molar-refractivity contribution is -0.133. The van der Waals surface area contributed by atoms with E-state index in [0.717, 1.165) is 5.75 Å². The van der Waals surface area contributed by atoms with Gasteiger partial charge in [0.25, 0.3) is 0 Å². The predicted octanol–water partition coefficient (Wildman–Crippen LogP) is 1.04. The zero-order chi connectivity index (χ0) is 16.0. The number of methoxy groups -OCH3 is 1. The van der Waals surface area contributed by atoms with E-state index in [0.29, 0.717) is 5.69 Å². The number of benzene rings is 1. The van der Waals surface area contributed by atoms with Crippen LogP contribution < -0.4 is 10.1 Å². The molecular weight excluding hydrogens is 270 g/mol. The molecule has 2 amide bonds. The summed E-state index contributed by atoms with van der Waals surface area (Å²) in [4.78, 5) is 27.0. The summed E-state index contributed by atoms with van der Waals surface area (Å²) in [6, 6.07) is 6.74. The quantitative estimate of drug-likeness (QED) is 0.851. The normalized spacial score (nSPS) is 11.9. The average molecular weight is 293 g/mol. The molecule has 116 valence electrons.